The average Bonchev–Trinajstić information content (AvgIpc) is 3.43. The van der Waals surface area contributed by atoms with Gasteiger partial charge in [0.1, 0.15) is 21.8 Å². The number of unbranched alkanes of at least 4 members (excludes halogenated alkanes) is 1. The highest BCUT2D eigenvalue weighted by Gasteiger charge is 2.38. The van der Waals surface area contributed by atoms with Gasteiger partial charge in [-0.05, 0) is 50.7 Å². The molecule has 3 fully saturated rings. The van der Waals surface area contributed by atoms with Crippen molar-refractivity contribution in [2.24, 2.45) is 0 Å². The number of rotatable bonds is 6. The van der Waals surface area contributed by atoms with Crippen LogP contribution in [0.25, 0.3) is 6.08 Å². The molecule has 2 aliphatic heterocycles. The topological polar surface area (TPSA) is 69.3 Å². The van der Waals surface area contributed by atoms with Gasteiger partial charge in [0.15, 0.2) is 0 Å². The number of hydrogen-bond acceptors (Lipinski definition) is 6. The summed E-state index contributed by atoms with van der Waals surface area (Å²) < 4.78 is 2.40. The van der Waals surface area contributed by atoms with Crippen LogP contribution in [-0.2, 0) is 11.3 Å². The van der Waals surface area contributed by atoms with Crippen LogP contribution in [0.2, 0.25) is 0 Å². The maximum Gasteiger partial charge on any atom is 0.270 e. The molecule has 1 saturated carbocycles. The number of anilines is 1. The van der Waals surface area contributed by atoms with Crippen LogP contribution >= 0.6 is 24.0 Å². The number of thiocarbonyl (C=S) groups is 1. The van der Waals surface area contributed by atoms with E-state index < -0.39 is 0 Å². The third kappa shape index (κ3) is 4.63. The fourth-order valence-electron chi connectivity index (χ4n) is 5.20. The summed E-state index contributed by atoms with van der Waals surface area (Å²) >= 11 is 6.98. The molecule has 1 amide bonds. The molecule has 3 heterocycles. The molecule has 2 saturated heterocycles. The summed E-state index contributed by atoms with van der Waals surface area (Å²) in [6.07, 6.45) is 11.3. The van der Waals surface area contributed by atoms with Crippen LogP contribution in [0.4, 0.5) is 5.82 Å². The van der Waals surface area contributed by atoms with Crippen molar-refractivity contribution in [1.29, 1.82) is 5.26 Å². The Bertz CT molecular complexity index is 1070. The highest BCUT2D eigenvalue weighted by molar-refractivity contribution is 8.26. The van der Waals surface area contributed by atoms with E-state index in [1.54, 1.807) is 4.57 Å². The summed E-state index contributed by atoms with van der Waals surface area (Å²) in [5.74, 6) is 0.818. The molecule has 0 bridgehead atoms. The van der Waals surface area contributed by atoms with Gasteiger partial charge in [-0.1, -0.05) is 56.6 Å². The van der Waals surface area contributed by atoms with E-state index in [-0.39, 0.29) is 23.1 Å². The van der Waals surface area contributed by atoms with Crippen LogP contribution in [-0.4, -0.2) is 38.8 Å². The van der Waals surface area contributed by atoms with Gasteiger partial charge in [0.25, 0.3) is 11.5 Å². The lowest BCUT2D eigenvalue weighted by Gasteiger charge is -2.30. The highest BCUT2D eigenvalue weighted by atomic mass is 32.2. The first kappa shape index (κ1) is 24.0. The van der Waals surface area contributed by atoms with E-state index in [0.717, 1.165) is 75.8 Å². The molecule has 33 heavy (non-hydrogen) atoms. The van der Waals surface area contributed by atoms with Crippen molar-refractivity contribution < 1.29 is 4.79 Å². The first-order valence-electron chi connectivity index (χ1n) is 12.2. The van der Waals surface area contributed by atoms with Crippen molar-refractivity contribution in [2.75, 3.05) is 18.0 Å². The van der Waals surface area contributed by atoms with Gasteiger partial charge in [-0.25, -0.2) is 0 Å². The van der Waals surface area contributed by atoms with Crippen molar-refractivity contribution >= 4 is 46.1 Å². The lowest BCUT2D eigenvalue weighted by Crippen LogP contribution is -2.39. The monoisotopic (exact) mass is 484 g/mol. The Hall–Kier alpha value is -2.11. The predicted octanol–water partition coefficient (Wildman–Crippen LogP) is 4.96. The first-order valence-corrected chi connectivity index (χ1v) is 13.4. The maximum absolute atomic E-state index is 13.4. The zero-order valence-electron chi connectivity index (χ0n) is 19.6. The van der Waals surface area contributed by atoms with E-state index in [2.05, 4.69) is 17.9 Å². The quantitative estimate of drug-likeness (QED) is 0.420. The van der Waals surface area contributed by atoms with E-state index in [1.165, 1.54) is 18.2 Å². The molecular weight excluding hydrogens is 452 g/mol. The van der Waals surface area contributed by atoms with Crippen LogP contribution < -0.4 is 10.5 Å². The molecule has 4 rings (SSSR count). The Morgan fingerprint density at radius 1 is 1.15 bits per heavy atom. The summed E-state index contributed by atoms with van der Waals surface area (Å²) in [4.78, 5) is 31.4. The molecule has 3 aliphatic rings. The fourth-order valence-corrected chi connectivity index (χ4v) is 6.58. The SMILES string of the molecule is CCCCn1c(N2CCCC2)c(C=C2SC(=S)N(C3CCCCC3)C2=O)c(C)c(C#N)c1=O. The summed E-state index contributed by atoms with van der Waals surface area (Å²) in [6.45, 7) is 6.25. The molecule has 0 N–H and O–H groups in total. The number of nitriles is 1. The van der Waals surface area contributed by atoms with Crippen molar-refractivity contribution in [3.63, 3.8) is 0 Å². The van der Waals surface area contributed by atoms with Crippen LogP contribution in [0.3, 0.4) is 0 Å². The third-order valence-electron chi connectivity index (χ3n) is 7.03. The zero-order chi connectivity index (χ0) is 23.5. The first-order chi connectivity index (χ1) is 16.0. The number of carbonyl (C=O) groups excluding carboxylic acids is 1. The van der Waals surface area contributed by atoms with Gasteiger partial charge in [0.2, 0.25) is 0 Å². The minimum absolute atomic E-state index is 0.0338. The van der Waals surface area contributed by atoms with Crippen LogP contribution in [0.5, 0.6) is 0 Å². The molecule has 0 unspecified atom stereocenters. The standard InChI is InChI=1S/C25H32N4O2S2/c1-3-4-14-28-22(27-12-8-9-13-27)19(17(2)20(16-26)23(28)30)15-21-24(31)29(25(32)33-21)18-10-6-5-7-11-18/h15,18H,3-14H2,1-2H3. The number of carbonyl (C=O) groups is 1. The van der Waals surface area contributed by atoms with E-state index in [9.17, 15) is 14.9 Å². The second-order valence-corrected chi connectivity index (χ2v) is 10.9. The third-order valence-corrected chi connectivity index (χ3v) is 8.36. The lowest BCUT2D eigenvalue weighted by molar-refractivity contribution is -0.124. The van der Waals surface area contributed by atoms with E-state index in [1.807, 2.05) is 17.9 Å². The lowest BCUT2D eigenvalue weighted by atomic mass is 9.94. The summed E-state index contributed by atoms with van der Waals surface area (Å²) in [5, 5.41) is 9.80. The molecule has 6 nitrogen and oxygen atoms in total. The number of hydrogen-bond donors (Lipinski definition) is 0. The molecule has 0 spiro atoms. The normalized spacial score (nSPS) is 20.8. The Morgan fingerprint density at radius 3 is 2.48 bits per heavy atom. The molecule has 1 aliphatic carbocycles. The molecule has 8 heteroatoms. The fraction of sp³-hybridized carbons (Fsp3) is 0.600. The molecule has 176 valence electrons. The van der Waals surface area contributed by atoms with Gasteiger partial charge in [0.05, 0.1) is 4.91 Å². The molecular formula is C25H32N4O2S2. The minimum Gasteiger partial charge on any atom is -0.357 e. The van der Waals surface area contributed by atoms with Gasteiger partial charge in [-0.3, -0.25) is 19.1 Å². The Labute approximate surface area is 205 Å². The largest absolute Gasteiger partial charge is 0.357 e. The minimum atomic E-state index is -0.225. The second kappa shape index (κ2) is 10.4. The van der Waals surface area contributed by atoms with Crippen LogP contribution in [0.15, 0.2) is 9.70 Å². The van der Waals surface area contributed by atoms with Crippen molar-refractivity contribution in [2.45, 2.75) is 84.2 Å². The summed E-state index contributed by atoms with van der Waals surface area (Å²) in [5.41, 5.74) is 1.41. The number of pyridine rings is 1. The van der Waals surface area contributed by atoms with E-state index >= 15 is 0 Å². The van der Waals surface area contributed by atoms with Gasteiger partial charge in [-0.2, -0.15) is 5.26 Å². The van der Waals surface area contributed by atoms with Crippen molar-refractivity contribution in [3.8, 4) is 6.07 Å². The van der Waals surface area contributed by atoms with Crippen LogP contribution in [0, 0.1) is 18.3 Å². The molecule has 0 radical (unpaired) electrons. The number of nitrogens with zero attached hydrogens (tertiary/aromatic N) is 4. The Morgan fingerprint density at radius 2 is 1.85 bits per heavy atom. The van der Waals surface area contributed by atoms with Gasteiger partial charge < -0.3 is 4.90 Å². The number of thioether (sulfide) groups is 1. The molecule has 1 aromatic rings. The highest BCUT2D eigenvalue weighted by Crippen LogP contribution is 2.39. The average molecular weight is 485 g/mol. The van der Waals surface area contributed by atoms with Gasteiger partial charge >= 0.3 is 0 Å². The number of amides is 1. The maximum atomic E-state index is 13.4. The van der Waals surface area contributed by atoms with Gasteiger partial charge in [-0.15, -0.1) is 0 Å². The van der Waals surface area contributed by atoms with E-state index in [0.29, 0.717) is 21.3 Å². The summed E-state index contributed by atoms with van der Waals surface area (Å²) in [7, 11) is 0. The molecule has 1 aromatic heterocycles. The Balaban J connectivity index is 1.83. The smallest absolute Gasteiger partial charge is 0.270 e. The molecule has 0 aromatic carbocycles. The number of aromatic nitrogens is 1. The van der Waals surface area contributed by atoms with Crippen LogP contribution in [0.1, 0.15) is 81.4 Å². The predicted molar refractivity (Wildman–Crippen MR) is 138 cm³/mol. The zero-order valence-corrected chi connectivity index (χ0v) is 21.2. The van der Waals surface area contributed by atoms with E-state index in [4.69, 9.17) is 12.2 Å². The summed E-state index contributed by atoms with van der Waals surface area (Å²) in [6, 6.07) is 2.32. The van der Waals surface area contributed by atoms with Crippen molar-refractivity contribution in [1.82, 2.24) is 9.47 Å². The van der Waals surface area contributed by atoms with Crippen molar-refractivity contribution in [3.05, 3.63) is 31.9 Å². The molecule has 0 atom stereocenters. The van der Waals surface area contributed by atoms with Gasteiger partial charge in [0, 0.05) is 31.2 Å². The second-order valence-electron chi connectivity index (χ2n) is 9.20. The Kier molecular flexibility index (Phi) is 7.60.